The summed E-state index contributed by atoms with van der Waals surface area (Å²) in [5, 5.41) is 6.53. The Balaban J connectivity index is 1.42. The van der Waals surface area contributed by atoms with E-state index in [9.17, 15) is 9.18 Å². The van der Waals surface area contributed by atoms with Crippen molar-refractivity contribution in [3.63, 3.8) is 0 Å². The third-order valence-corrected chi connectivity index (χ3v) is 5.65. The second-order valence-electron chi connectivity index (χ2n) is 6.93. The number of likely N-dealkylation sites (tertiary alicyclic amines) is 1. The van der Waals surface area contributed by atoms with E-state index in [4.69, 9.17) is 11.6 Å². The first-order chi connectivity index (χ1) is 13.0. The summed E-state index contributed by atoms with van der Waals surface area (Å²) in [6, 6.07) is 12.5. The molecule has 0 saturated carbocycles. The van der Waals surface area contributed by atoms with Gasteiger partial charge in [0.1, 0.15) is 5.82 Å². The summed E-state index contributed by atoms with van der Waals surface area (Å²) in [6.07, 6.45) is 0.746. The number of rotatable bonds is 4. The molecule has 2 heterocycles. The predicted octanol–water partition coefficient (Wildman–Crippen LogP) is 4.46. The minimum absolute atomic E-state index is 0.0369. The fourth-order valence-electron chi connectivity index (χ4n) is 3.61. The molecule has 2 aliphatic heterocycles. The molecule has 0 bridgehead atoms. The number of piperidine rings is 1. The maximum atomic E-state index is 13.6. The van der Waals surface area contributed by atoms with Crippen molar-refractivity contribution in [3.05, 3.63) is 68.9 Å². The lowest BCUT2D eigenvalue weighted by atomic mass is 9.95. The van der Waals surface area contributed by atoms with Gasteiger partial charge in [-0.1, -0.05) is 39.7 Å². The van der Waals surface area contributed by atoms with Crippen molar-refractivity contribution in [2.75, 3.05) is 13.1 Å². The molecule has 7 heteroatoms. The molecule has 1 atom stereocenters. The van der Waals surface area contributed by atoms with Crippen LogP contribution >= 0.6 is 27.5 Å². The highest BCUT2D eigenvalue weighted by molar-refractivity contribution is 9.10. The second kappa shape index (κ2) is 7.70. The summed E-state index contributed by atoms with van der Waals surface area (Å²) in [5.74, 6) is -0.512. The standard InChI is InChI=1S/C20H18BrClFN3O/c21-15-3-1-13(2-4-15)11-26-20(27)18-12-25(6-5-19(18)24-26)10-14-7-16(22)9-17(23)8-14/h1-4,7-9,18H,5-6,10-12H2. The van der Waals surface area contributed by atoms with E-state index in [1.54, 1.807) is 11.1 Å². The van der Waals surface area contributed by atoms with Gasteiger partial charge in [-0.3, -0.25) is 9.69 Å². The Morgan fingerprint density at radius 1 is 1.15 bits per heavy atom. The van der Waals surface area contributed by atoms with Gasteiger partial charge in [-0.05, 0) is 41.5 Å². The largest absolute Gasteiger partial charge is 0.298 e. The first-order valence-corrected chi connectivity index (χ1v) is 9.95. The molecule has 1 fully saturated rings. The normalized spacial score (nSPS) is 20.0. The Bertz CT molecular complexity index is 882. The fourth-order valence-corrected chi connectivity index (χ4v) is 4.12. The molecule has 1 amide bonds. The van der Waals surface area contributed by atoms with E-state index in [-0.39, 0.29) is 17.6 Å². The van der Waals surface area contributed by atoms with Gasteiger partial charge < -0.3 is 0 Å². The van der Waals surface area contributed by atoms with Crippen LogP contribution < -0.4 is 0 Å². The van der Waals surface area contributed by atoms with Gasteiger partial charge in [0.15, 0.2) is 0 Å². The topological polar surface area (TPSA) is 35.9 Å². The van der Waals surface area contributed by atoms with Gasteiger partial charge in [0, 0.05) is 35.6 Å². The van der Waals surface area contributed by atoms with E-state index in [2.05, 4.69) is 25.9 Å². The van der Waals surface area contributed by atoms with Crippen molar-refractivity contribution in [3.8, 4) is 0 Å². The van der Waals surface area contributed by atoms with Crippen molar-refractivity contribution in [2.45, 2.75) is 19.5 Å². The summed E-state index contributed by atoms with van der Waals surface area (Å²) in [4.78, 5) is 15.0. The zero-order chi connectivity index (χ0) is 19.0. The third kappa shape index (κ3) is 4.23. The van der Waals surface area contributed by atoms with Gasteiger partial charge in [-0.25, -0.2) is 9.40 Å². The summed E-state index contributed by atoms with van der Waals surface area (Å²) in [6.45, 7) is 2.44. The number of nitrogens with zero attached hydrogens (tertiary/aromatic N) is 3. The number of hydrogen-bond acceptors (Lipinski definition) is 3. The molecule has 4 nitrogen and oxygen atoms in total. The number of carbonyl (C=O) groups is 1. The van der Waals surface area contributed by atoms with Crippen LogP contribution in [0.25, 0.3) is 0 Å². The van der Waals surface area contributed by atoms with Gasteiger partial charge >= 0.3 is 0 Å². The zero-order valence-corrected chi connectivity index (χ0v) is 16.9. The lowest BCUT2D eigenvalue weighted by Gasteiger charge is -2.30. The highest BCUT2D eigenvalue weighted by Crippen LogP contribution is 2.27. The Morgan fingerprint density at radius 3 is 2.67 bits per heavy atom. The smallest absolute Gasteiger partial charge is 0.253 e. The Hall–Kier alpha value is -1.76. The molecule has 140 valence electrons. The van der Waals surface area contributed by atoms with Gasteiger partial charge in [0.2, 0.25) is 0 Å². The average molecular weight is 451 g/mol. The molecule has 27 heavy (non-hydrogen) atoms. The molecule has 4 rings (SSSR count). The molecule has 0 N–H and O–H groups in total. The zero-order valence-electron chi connectivity index (χ0n) is 14.5. The molecule has 1 unspecified atom stereocenters. The van der Waals surface area contributed by atoms with Crippen LogP contribution in [0.3, 0.4) is 0 Å². The highest BCUT2D eigenvalue weighted by Gasteiger charge is 2.39. The molecule has 2 aromatic carbocycles. The molecule has 0 radical (unpaired) electrons. The molecular weight excluding hydrogens is 433 g/mol. The maximum Gasteiger partial charge on any atom is 0.253 e. The van der Waals surface area contributed by atoms with E-state index in [1.165, 1.54) is 12.1 Å². The van der Waals surface area contributed by atoms with Crippen molar-refractivity contribution >= 4 is 39.1 Å². The van der Waals surface area contributed by atoms with Crippen LogP contribution in [0.2, 0.25) is 5.02 Å². The van der Waals surface area contributed by atoms with Crippen molar-refractivity contribution < 1.29 is 9.18 Å². The SMILES string of the molecule is O=C1C2CN(Cc3cc(F)cc(Cl)c3)CCC2=NN1Cc1ccc(Br)cc1. The Kier molecular flexibility index (Phi) is 5.30. The van der Waals surface area contributed by atoms with Crippen LogP contribution in [0.1, 0.15) is 17.5 Å². The van der Waals surface area contributed by atoms with Crippen LogP contribution in [0.5, 0.6) is 0 Å². The van der Waals surface area contributed by atoms with Crippen LogP contribution in [-0.4, -0.2) is 34.6 Å². The van der Waals surface area contributed by atoms with E-state index in [0.717, 1.165) is 34.3 Å². The van der Waals surface area contributed by atoms with Gasteiger partial charge in [0.25, 0.3) is 5.91 Å². The summed E-state index contributed by atoms with van der Waals surface area (Å²) < 4.78 is 14.6. The van der Waals surface area contributed by atoms with Crippen molar-refractivity contribution in [1.29, 1.82) is 0 Å². The molecular formula is C20H18BrClFN3O. The maximum absolute atomic E-state index is 13.6. The van der Waals surface area contributed by atoms with Crippen LogP contribution in [0.15, 0.2) is 52.0 Å². The molecule has 2 aliphatic rings. The highest BCUT2D eigenvalue weighted by atomic mass is 79.9. The fraction of sp³-hybridized carbons (Fsp3) is 0.300. The predicted molar refractivity (Wildman–Crippen MR) is 107 cm³/mol. The number of hydrogen-bond donors (Lipinski definition) is 0. The first kappa shape index (κ1) is 18.6. The van der Waals surface area contributed by atoms with Gasteiger partial charge in [0.05, 0.1) is 18.2 Å². The van der Waals surface area contributed by atoms with Crippen LogP contribution in [0, 0.1) is 11.7 Å². The summed E-state index contributed by atoms with van der Waals surface area (Å²) in [7, 11) is 0. The van der Waals surface area contributed by atoms with E-state index >= 15 is 0 Å². The van der Waals surface area contributed by atoms with E-state index in [0.29, 0.717) is 24.7 Å². The number of halogens is 3. The monoisotopic (exact) mass is 449 g/mol. The van der Waals surface area contributed by atoms with Gasteiger partial charge in [-0.2, -0.15) is 5.10 Å². The Morgan fingerprint density at radius 2 is 1.93 bits per heavy atom. The summed E-state index contributed by atoms with van der Waals surface area (Å²) >= 11 is 9.36. The minimum Gasteiger partial charge on any atom is -0.298 e. The number of carbonyl (C=O) groups excluding carboxylic acids is 1. The molecule has 2 aromatic rings. The van der Waals surface area contributed by atoms with E-state index in [1.807, 2.05) is 24.3 Å². The molecule has 0 aromatic heterocycles. The number of hydrazone groups is 1. The minimum atomic E-state index is -0.339. The lowest BCUT2D eigenvalue weighted by Crippen LogP contribution is -2.43. The second-order valence-corrected chi connectivity index (χ2v) is 8.28. The molecule has 0 aliphatic carbocycles. The Labute approximate surface area is 170 Å². The first-order valence-electron chi connectivity index (χ1n) is 8.78. The quantitative estimate of drug-likeness (QED) is 0.689. The van der Waals surface area contributed by atoms with Crippen molar-refractivity contribution in [1.82, 2.24) is 9.91 Å². The molecule has 1 saturated heterocycles. The van der Waals surface area contributed by atoms with Crippen molar-refractivity contribution in [2.24, 2.45) is 11.0 Å². The van der Waals surface area contributed by atoms with Crippen LogP contribution in [-0.2, 0) is 17.9 Å². The molecule has 0 spiro atoms. The third-order valence-electron chi connectivity index (χ3n) is 4.90. The number of fused-ring (bicyclic) bond motifs is 1. The van der Waals surface area contributed by atoms with E-state index < -0.39 is 0 Å². The lowest BCUT2D eigenvalue weighted by molar-refractivity contribution is -0.133. The number of amides is 1. The number of benzene rings is 2. The van der Waals surface area contributed by atoms with Gasteiger partial charge in [-0.15, -0.1) is 0 Å². The summed E-state index contributed by atoms with van der Waals surface area (Å²) in [5.41, 5.74) is 2.81. The average Bonchev–Trinajstić information content (AvgIpc) is 2.92. The van der Waals surface area contributed by atoms with Crippen LogP contribution in [0.4, 0.5) is 4.39 Å².